The van der Waals surface area contributed by atoms with Gasteiger partial charge in [0.25, 0.3) is 0 Å². The third-order valence-electron chi connectivity index (χ3n) is 3.77. The molecule has 1 amide bonds. The van der Waals surface area contributed by atoms with Gasteiger partial charge in [0.15, 0.2) is 0 Å². The average molecular weight is 270 g/mol. The number of carbonyl (C=O) groups is 1. The third-order valence-corrected chi connectivity index (χ3v) is 3.77. The van der Waals surface area contributed by atoms with E-state index in [1.807, 2.05) is 19.1 Å². The molecule has 2 aromatic rings. The molecular formula is C15H18N4O. The fraction of sp³-hybridized carbons (Fsp3) is 0.400. The summed E-state index contributed by atoms with van der Waals surface area (Å²) in [7, 11) is 0. The molecule has 20 heavy (non-hydrogen) atoms. The number of rotatable bonds is 2. The van der Waals surface area contributed by atoms with Gasteiger partial charge >= 0.3 is 0 Å². The molecule has 1 aromatic carbocycles. The lowest BCUT2D eigenvalue weighted by molar-refractivity contribution is -0.122. The number of aromatic nitrogens is 2. The van der Waals surface area contributed by atoms with Crippen molar-refractivity contribution in [1.29, 1.82) is 0 Å². The van der Waals surface area contributed by atoms with E-state index in [4.69, 9.17) is 0 Å². The van der Waals surface area contributed by atoms with Crippen molar-refractivity contribution in [3.63, 3.8) is 0 Å². The van der Waals surface area contributed by atoms with Gasteiger partial charge in [0, 0.05) is 24.0 Å². The maximum Gasteiger partial charge on any atom is 0.241 e. The molecule has 2 heterocycles. The molecule has 1 atom stereocenters. The monoisotopic (exact) mass is 270 g/mol. The Balaban J connectivity index is 2.06. The number of hydrazone groups is 1. The number of carbonyl (C=O) groups excluding carboxylic acids is 1. The highest BCUT2D eigenvalue weighted by Gasteiger charge is 2.31. The third kappa shape index (κ3) is 2.09. The molecule has 0 saturated carbocycles. The zero-order valence-corrected chi connectivity index (χ0v) is 11.9. The standard InChI is InChI=1S/C15H18N4O/c1-9(2)14-17-11-5-4-10(6-12(11)18-14)15(3)7-13(20)19-16-8-15/h4-6,8-9H,7H2,1-3H3,(H,17,18)(H,19,20). The van der Waals surface area contributed by atoms with Crippen molar-refractivity contribution >= 4 is 23.2 Å². The number of benzene rings is 1. The van der Waals surface area contributed by atoms with Gasteiger partial charge in [0.2, 0.25) is 5.91 Å². The summed E-state index contributed by atoms with van der Waals surface area (Å²) in [5.74, 6) is 1.29. The first-order valence-electron chi connectivity index (χ1n) is 6.81. The molecule has 0 saturated heterocycles. The van der Waals surface area contributed by atoms with E-state index in [0.29, 0.717) is 12.3 Å². The van der Waals surface area contributed by atoms with Crippen LogP contribution in [0.1, 0.15) is 44.5 Å². The van der Waals surface area contributed by atoms with Crippen LogP contribution in [0.2, 0.25) is 0 Å². The van der Waals surface area contributed by atoms with Crippen LogP contribution >= 0.6 is 0 Å². The second-order valence-corrected chi connectivity index (χ2v) is 5.90. The maximum atomic E-state index is 11.6. The Labute approximate surface area is 117 Å². The van der Waals surface area contributed by atoms with Crippen molar-refractivity contribution in [1.82, 2.24) is 15.4 Å². The molecule has 3 rings (SSSR count). The lowest BCUT2D eigenvalue weighted by Crippen LogP contribution is -2.37. The zero-order chi connectivity index (χ0) is 14.3. The first-order chi connectivity index (χ1) is 9.48. The molecule has 1 aliphatic rings. The number of nitrogens with one attached hydrogen (secondary N) is 2. The van der Waals surface area contributed by atoms with Crippen LogP contribution in [0.5, 0.6) is 0 Å². The van der Waals surface area contributed by atoms with E-state index in [2.05, 4.69) is 40.4 Å². The van der Waals surface area contributed by atoms with Gasteiger partial charge in [-0.2, -0.15) is 5.10 Å². The van der Waals surface area contributed by atoms with Crippen LogP contribution in [-0.4, -0.2) is 22.1 Å². The summed E-state index contributed by atoms with van der Waals surface area (Å²) in [6, 6.07) is 6.09. The number of nitrogens with zero attached hydrogens (tertiary/aromatic N) is 2. The SMILES string of the molecule is CC(C)c1nc2ccc(C3(C)C=NNC(=O)C3)cc2[nH]1. The molecule has 0 spiro atoms. The highest BCUT2D eigenvalue weighted by atomic mass is 16.2. The minimum Gasteiger partial charge on any atom is -0.342 e. The van der Waals surface area contributed by atoms with Crippen LogP contribution < -0.4 is 5.43 Å². The normalized spacial score (nSPS) is 22.5. The molecule has 1 unspecified atom stereocenters. The number of amides is 1. The summed E-state index contributed by atoms with van der Waals surface area (Å²) in [5.41, 5.74) is 5.15. The zero-order valence-electron chi connectivity index (χ0n) is 11.9. The Bertz CT molecular complexity index is 701. The summed E-state index contributed by atoms with van der Waals surface area (Å²) in [6.07, 6.45) is 2.21. The molecule has 0 bridgehead atoms. The van der Waals surface area contributed by atoms with Gasteiger partial charge in [-0.1, -0.05) is 19.9 Å². The summed E-state index contributed by atoms with van der Waals surface area (Å²) in [5, 5.41) is 3.95. The number of imidazole rings is 1. The van der Waals surface area contributed by atoms with Gasteiger partial charge < -0.3 is 4.98 Å². The van der Waals surface area contributed by atoms with Crippen LogP contribution in [0.3, 0.4) is 0 Å². The van der Waals surface area contributed by atoms with E-state index in [-0.39, 0.29) is 11.3 Å². The summed E-state index contributed by atoms with van der Waals surface area (Å²) >= 11 is 0. The Morgan fingerprint density at radius 1 is 1.35 bits per heavy atom. The predicted octanol–water partition coefficient (Wildman–Crippen LogP) is 2.45. The maximum absolute atomic E-state index is 11.6. The first-order valence-corrected chi connectivity index (χ1v) is 6.81. The molecule has 104 valence electrons. The Hall–Kier alpha value is -2.17. The number of hydrogen-bond donors (Lipinski definition) is 2. The smallest absolute Gasteiger partial charge is 0.241 e. The van der Waals surface area contributed by atoms with Crippen molar-refractivity contribution in [2.24, 2.45) is 5.10 Å². The van der Waals surface area contributed by atoms with E-state index in [9.17, 15) is 4.79 Å². The minimum atomic E-state index is -0.361. The van der Waals surface area contributed by atoms with E-state index in [1.165, 1.54) is 0 Å². The van der Waals surface area contributed by atoms with Crippen molar-refractivity contribution < 1.29 is 4.79 Å². The summed E-state index contributed by atoms with van der Waals surface area (Å²) < 4.78 is 0. The van der Waals surface area contributed by atoms with Gasteiger partial charge in [-0.3, -0.25) is 4.79 Å². The van der Waals surface area contributed by atoms with Crippen molar-refractivity contribution in [3.8, 4) is 0 Å². The predicted molar refractivity (Wildman–Crippen MR) is 78.8 cm³/mol. The van der Waals surface area contributed by atoms with Gasteiger partial charge in [-0.15, -0.1) is 0 Å². The number of H-pyrrole nitrogens is 1. The highest BCUT2D eigenvalue weighted by Crippen LogP contribution is 2.30. The van der Waals surface area contributed by atoms with Crippen molar-refractivity contribution in [2.75, 3.05) is 0 Å². The van der Waals surface area contributed by atoms with Crippen molar-refractivity contribution in [3.05, 3.63) is 29.6 Å². The van der Waals surface area contributed by atoms with E-state index in [0.717, 1.165) is 22.4 Å². The number of hydrogen-bond acceptors (Lipinski definition) is 3. The fourth-order valence-electron chi connectivity index (χ4n) is 2.50. The number of aromatic amines is 1. The van der Waals surface area contributed by atoms with Crippen LogP contribution in [0, 0.1) is 0 Å². The molecule has 0 radical (unpaired) electrons. The summed E-state index contributed by atoms with van der Waals surface area (Å²) in [6.45, 7) is 6.24. The van der Waals surface area contributed by atoms with E-state index in [1.54, 1.807) is 6.21 Å². The Morgan fingerprint density at radius 3 is 2.85 bits per heavy atom. The van der Waals surface area contributed by atoms with Crippen molar-refractivity contribution in [2.45, 2.75) is 38.5 Å². The molecule has 1 aliphatic heterocycles. The molecule has 0 aliphatic carbocycles. The lowest BCUT2D eigenvalue weighted by atomic mass is 9.79. The second kappa shape index (κ2) is 4.44. The van der Waals surface area contributed by atoms with Crippen LogP contribution in [-0.2, 0) is 10.2 Å². The van der Waals surface area contributed by atoms with E-state index < -0.39 is 0 Å². The summed E-state index contributed by atoms with van der Waals surface area (Å²) in [4.78, 5) is 19.5. The van der Waals surface area contributed by atoms with Crippen LogP contribution in [0.25, 0.3) is 11.0 Å². The van der Waals surface area contributed by atoms with Crippen LogP contribution in [0.15, 0.2) is 23.3 Å². The van der Waals surface area contributed by atoms with Gasteiger partial charge in [-0.25, -0.2) is 10.4 Å². The second-order valence-electron chi connectivity index (χ2n) is 5.90. The number of fused-ring (bicyclic) bond motifs is 1. The quantitative estimate of drug-likeness (QED) is 0.880. The van der Waals surface area contributed by atoms with Gasteiger partial charge in [0.05, 0.1) is 11.0 Å². The highest BCUT2D eigenvalue weighted by molar-refractivity contribution is 5.90. The topological polar surface area (TPSA) is 70.1 Å². The van der Waals surface area contributed by atoms with E-state index >= 15 is 0 Å². The lowest BCUT2D eigenvalue weighted by Gasteiger charge is -2.27. The van der Waals surface area contributed by atoms with Gasteiger partial charge in [0.1, 0.15) is 5.82 Å². The fourth-order valence-corrected chi connectivity index (χ4v) is 2.50. The van der Waals surface area contributed by atoms with Crippen LogP contribution in [0.4, 0.5) is 0 Å². The Kier molecular flexibility index (Phi) is 2.85. The largest absolute Gasteiger partial charge is 0.342 e. The molecule has 5 heteroatoms. The Morgan fingerprint density at radius 2 is 2.15 bits per heavy atom. The molecular weight excluding hydrogens is 252 g/mol. The minimum absolute atomic E-state index is 0.0532. The first kappa shape index (κ1) is 12.8. The molecule has 1 aromatic heterocycles. The molecule has 5 nitrogen and oxygen atoms in total. The molecule has 2 N–H and O–H groups in total. The average Bonchev–Trinajstić information content (AvgIpc) is 2.81. The molecule has 0 fully saturated rings. The van der Waals surface area contributed by atoms with Gasteiger partial charge in [-0.05, 0) is 24.6 Å².